The zero-order chi connectivity index (χ0) is 22.4. The molecule has 0 bridgehead atoms. The van der Waals surface area contributed by atoms with Crippen molar-refractivity contribution in [2.75, 3.05) is 39.0 Å². The predicted octanol–water partition coefficient (Wildman–Crippen LogP) is -0.130. The van der Waals surface area contributed by atoms with Crippen LogP contribution in [-0.4, -0.2) is 76.2 Å². The predicted molar refractivity (Wildman–Crippen MR) is 109 cm³/mol. The number of aliphatic carboxylic acids is 1. The lowest BCUT2D eigenvalue weighted by atomic mass is 10.3. The van der Waals surface area contributed by atoms with Crippen molar-refractivity contribution in [2.45, 2.75) is 11.8 Å². The molecule has 12 heteroatoms. The molecule has 30 heavy (non-hydrogen) atoms. The number of carboxylic acid groups (broad SMARTS) is 1. The zero-order valence-corrected chi connectivity index (χ0v) is 18.2. The summed E-state index contributed by atoms with van der Waals surface area (Å²) in [5, 5.41) is 9.45. The van der Waals surface area contributed by atoms with Crippen LogP contribution in [0, 0.1) is 11.8 Å². The highest BCUT2D eigenvalue weighted by molar-refractivity contribution is 7.89. The number of carboxylic acids is 1. The van der Waals surface area contributed by atoms with E-state index in [0.29, 0.717) is 5.75 Å². The first-order chi connectivity index (χ1) is 14.0. The number of sulfonamides is 2. The second kappa shape index (κ2) is 9.84. The van der Waals surface area contributed by atoms with Gasteiger partial charge in [0.05, 0.1) is 11.2 Å². The Bertz CT molecular complexity index is 1060. The summed E-state index contributed by atoms with van der Waals surface area (Å²) in [4.78, 5) is 12.9. The number of nitrogens with zero attached hydrogens (tertiary/aromatic N) is 2. The Morgan fingerprint density at radius 1 is 1.17 bits per heavy atom. The quantitative estimate of drug-likeness (QED) is 0.407. The molecule has 0 aromatic heterocycles. The van der Waals surface area contributed by atoms with E-state index in [1.54, 1.807) is 6.92 Å². The van der Waals surface area contributed by atoms with Crippen molar-refractivity contribution >= 4 is 26.0 Å². The minimum Gasteiger partial charge on any atom is -0.481 e. The first-order valence-electron chi connectivity index (χ1n) is 8.83. The van der Waals surface area contributed by atoms with E-state index in [2.05, 4.69) is 16.6 Å². The van der Waals surface area contributed by atoms with Gasteiger partial charge in [-0.1, -0.05) is 5.92 Å². The summed E-state index contributed by atoms with van der Waals surface area (Å²) in [6, 6.07) is 5.60. The molecule has 164 valence electrons. The maximum atomic E-state index is 12.5. The number of hydrogen-bond donors (Lipinski definition) is 2. The fraction of sp³-hybridized carbons (Fsp3) is 0.389. The summed E-state index contributed by atoms with van der Waals surface area (Å²) in [5.41, 5.74) is -0.273. The molecule has 0 saturated carbocycles. The largest absolute Gasteiger partial charge is 0.481 e. The van der Waals surface area contributed by atoms with Crippen LogP contribution in [0.3, 0.4) is 0 Å². The lowest BCUT2D eigenvalue weighted by Crippen LogP contribution is -2.49. The molecular weight excluding hydrogens is 434 g/mol. The third-order valence-electron chi connectivity index (χ3n) is 4.24. The molecule has 1 aromatic carbocycles. The van der Waals surface area contributed by atoms with Crippen molar-refractivity contribution in [3.63, 3.8) is 0 Å². The molecule has 0 aliphatic carbocycles. The third kappa shape index (κ3) is 6.38. The molecule has 1 aromatic rings. The second-order valence-electron chi connectivity index (χ2n) is 6.29. The summed E-state index contributed by atoms with van der Waals surface area (Å²) in [6.07, 6.45) is 1.98. The van der Waals surface area contributed by atoms with Crippen LogP contribution in [-0.2, 0) is 24.8 Å². The highest BCUT2D eigenvalue weighted by atomic mass is 32.2. The number of hydrogen-bond acceptors (Lipinski definition) is 7. The van der Waals surface area contributed by atoms with E-state index in [-0.39, 0.29) is 43.4 Å². The van der Waals surface area contributed by atoms with Crippen LogP contribution in [0.15, 0.2) is 41.1 Å². The molecular formula is C18H23N3O7S2. The van der Waals surface area contributed by atoms with Gasteiger partial charge in [0.1, 0.15) is 18.1 Å². The summed E-state index contributed by atoms with van der Waals surface area (Å²) in [5.74, 6) is 4.51. The maximum Gasteiger partial charge on any atom is 0.353 e. The molecule has 1 fully saturated rings. The molecule has 1 saturated heterocycles. The van der Waals surface area contributed by atoms with Crippen LogP contribution in [0.5, 0.6) is 5.75 Å². The normalized spacial score (nSPS) is 15.8. The van der Waals surface area contributed by atoms with E-state index < -0.39 is 26.0 Å². The van der Waals surface area contributed by atoms with Gasteiger partial charge in [0, 0.05) is 32.4 Å². The van der Waals surface area contributed by atoms with Gasteiger partial charge >= 0.3 is 5.97 Å². The Morgan fingerprint density at radius 2 is 1.77 bits per heavy atom. The number of nitrogens with one attached hydrogen (secondary N) is 1. The minimum absolute atomic E-state index is 0.0701. The van der Waals surface area contributed by atoms with Gasteiger partial charge in [0.2, 0.25) is 10.0 Å². The van der Waals surface area contributed by atoms with Gasteiger partial charge in [-0.25, -0.2) is 21.6 Å². The van der Waals surface area contributed by atoms with Gasteiger partial charge in [-0.15, -0.1) is 5.92 Å². The number of rotatable bonds is 8. The van der Waals surface area contributed by atoms with Crippen LogP contribution in [0.2, 0.25) is 0 Å². The lowest BCUT2D eigenvalue weighted by molar-refractivity contribution is -0.134. The Hall–Kier alpha value is -2.75. The van der Waals surface area contributed by atoms with Crippen molar-refractivity contribution in [1.82, 2.24) is 13.9 Å². The minimum atomic E-state index is -4.01. The molecule has 0 spiro atoms. The van der Waals surface area contributed by atoms with E-state index in [0.717, 1.165) is 12.5 Å². The number of ether oxygens (including phenoxy) is 1. The van der Waals surface area contributed by atoms with Gasteiger partial charge in [-0.2, -0.15) is 4.31 Å². The van der Waals surface area contributed by atoms with Gasteiger partial charge in [-0.3, -0.25) is 4.72 Å². The van der Waals surface area contributed by atoms with Crippen LogP contribution < -0.4 is 9.46 Å². The van der Waals surface area contributed by atoms with E-state index in [9.17, 15) is 26.7 Å². The van der Waals surface area contributed by atoms with Crippen LogP contribution in [0.25, 0.3) is 0 Å². The third-order valence-corrected chi connectivity index (χ3v) is 6.86. The second-order valence-corrected chi connectivity index (χ2v) is 9.99. The van der Waals surface area contributed by atoms with E-state index in [4.69, 9.17) is 4.74 Å². The smallest absolute Gasteiger partial charge is 0.353 e. The SMILES string of the molecule is CC#CCOc1ccc(S(=O)(=O)NC=C(C(=O)O)N2CCN(S(C)(=O)=O)CC2)cc1. The number of carbonyl (C=O) groups is 1. The van der Waals surface area contributed by atoms with Gasteiger partial charge in [0.25, 0.3) is 10.0 Å². The highest BCUT2D eigenvalue weighted by Crippen LogP contribution is 2.17. The van der Waals surface area contributed by atoms with Gasteiger partial charge in [0.15, 0.2) is 0 Å². The summed E-state index contributed by atoms with van der Waals surface area (Å²) in [7, 11) is -7.38. The first kappa shape index (κ1) is 23.5. The molecule has 1 heterocycles. The van der Waals surface area contributed by atoms with E-state index in [1.165, 1.54) is 33.5 Å². The monoisotopic (exact) mass is 457 g/mol. The van der Waals surface area contributed by atoms with E-state index >= 15 is 0 Å². The van der Waals surface area contributed by atoms with Gasteiger partial charge < -0.3 is 14.7 Å². The molecule has 0 atom stereocenters. The molecule has 1 aliphatic heterocycles. The molecule has 0 amide bonds. The molecule has 2 rings (SSSR count). The average Bonchev–Trinajstić information content (AvgIpc) is 2.68. The van der Waals surface area contributed by atoms with Crippen molar-refractivity contribution in [3.8, 4) is 17.6 Å². The maximum absolute atomic E-state index is 12.5. The number of benzene rings is 1. The van der Waals surface area contributed by atoms with Crippen molar-refractivity contribution in [2.24, 2.45) is 0 Å². The number of piperazine rings is 1. The topological polar surface area (TPSA) is 133 Å². The summed E-state index contributed by atoms with van der Waals surface area (Å²) in [6.45, 7) is 2.33. The standard InChI is InChI=1S/C18H23N3O7S2/c1-3-4-13-28-15-5-7-16(8-6-15)30(26,27)19-14-17(18(22)23)20-9-11-21(12-10-20)29(2,24)25/h5-8,14,19H,9-13H2,1-2H3,(H,22,23). The first-order valence-corrected chi connectivity index (χ1v) is 12.2. The van der Waals surface area contributed by atoms with Crippen LogP contribution in [0.1, 0.15) is 6.92 Å². The Labute approximate surface area is 176 Å². The Balaban J connectivity index is 2.09. The molecule has 2 N–H and O–H groups in total. The zero-order valence-electron chi connectivity index (χ0n) is 16.5. The van der Waals surface area contributed by atoms with Gasteiger partial charge in [-0.05, 0) is 31.2 Å². The average molecular weight is 458 g/mol. The van der Waals surface area contributed by atoms with E-state index in [1.807, 2.05) is 0 Å². The Morgan fingerprint density at radius 3 is 2.27 bits per heavy atom. The summed E-state index contributed by atoms with van der Waals surface area (Å²) < 4.78 is 56.8. The fourth-order valence-electron chi connectivity index (χ4n) is 2.66. The lowest BCUT2D eigenvalue weighted by Gasteiger charge is -2.34. The van der Waals surface area contributed by atoms with Crippen LogP contribution in [0.4, 0.5) is 0 Å². The van der Waals surface area contributed by atoms with Crippen molar-refractivity contribution in [1.29, 1.82) is 0 Å². The molecule has 10 nitrogen and oxygen atoms in total. The molecule has 0 unspecified atom stereocenters. The molecule has 1 aliphatic rings. The fourth-order valence-corrected chi connectivity index (χ4v) is 4.38. The molecule has 0 radical (unpaired) electrons. The highest BCUT2D eigenvalue weighted by Gasteiger charge is 2.27. The van der Waals surface area contributed by atoms with Crippen molar-refractivity contribution < 1.29 is 31.5 Å². The summed E-state index contributed by atoms with van der Waals surface area (Å²) >= 11 is 0. The van der Waals surface area contributed by atoms with Crippen LogP contribution >= 0.6 is 0 Å². The Kier molecular flexibility index (Phi) is 7.71. The van der Waals surface area contributed by atoms with Crippen molar-refractivity contribution in [3.05, 3.63) is 36.2 Å².